The standard InChI is InChI=1S/C33H41N7O6S/c1-5-7-11-30(42)45-22-39-18-17-28-31(39)36-33(37-32(28)46-27-10-8-9-24(20-27)34-29(41)6-2)35-23-12-14-25(15-13-23)38(3)26-16-19-40(21-26)47(4,43)44/h8-10,12-15,17-18,20,26H,5-7,11,16,19,21-22H2,1-4H3,(H,34,41)(H,35,36,37)/t26-/m0/s1. The highest BCUT2D eigenvalue weighted by Crippen LogP contribution is 2.32. The molecule has 2 aromatic heterocycles. The van der Waals surface area contributed by atoms with Gasteiger partial charge in [-0.15, -0.1) is 0 Å². The van der Waals surface area contributed by atoms with Gasteiger partial charge in [-0.05, 0) is 55.3 Å². The number of unbranched alkanes of at least 4 members (excludes halogenated alkanes) is 1. The first-order valence-corrected chi connectivity index (χ1v) is 17.5. The number of likely N-dealkylation sites (N-methyl/N-ethyl adjacent to an activating group) is 1. The number of carbonyl (C=O) groups excluding carboxylic acids is 2. The molecule has 47 heavy (non-hydrogen) atoms. The van der Waals surface area contributed by atoms with Gasteiger partial charge in [-0.25, -0.2) is 12.7 Å². The molecule has 14 heteroatoms. The first-order valence-electron chi connectivity index (χ1n) is 15.7. The van der Waals surface area contributed by atoms with Gasteiger partial charge in [0.2, 0.25) is 27.8 Å². The van der Waals surface area contributed by atoms with Crippen molar-refractivity contribution in [2.45, 2.75) is 58.7 Å². The third-order valence-electron chi connectivity index (χ3n) is 8.01. The quantitative estimate of drug-likeness (QED) is 0.166. The molecular formula is C33H41N7O6S. The molecule has 0 spiro atoms. The van der Waals surface area contributed by atoms with E-state index < -0.39 is 10.0 Å². The number of hydrogen-bond donors (Lipinski definition) is 2. The Morgan fingerprint density at radius 1 is 1.06 bits per heavy atom. The zero-order valence-electron chi connectivity index (χ0n) is 27.1. The van der Waals surface area contributed by atoms with Crippen LogP contribution in [0.2, 0.25) is 0 Å². The van der Waals surface area contributed by atoms with Crippen LogP contribution >= 0.6 is 0 Å². The Bertz CT molecular complexity index is 1830. The number of benzene rings is 2. The van der Waals surface area contributed by atoms with Crippen molar-refractivity contribution in [3.05, 3.63) is 60.8 Å². The Hall–Kier alpha value is -4.69. The summed E-state index contributed by atoms with van der Waals surface area (Å²) in [7, 11) is -1.26. The predicted molar refractivity (Wildman–Crippen MR) is 182 cm³/mol. The third-order valence-corrected chi connectivity index (χ3v) is 9.28. The molecule has 1 saturated heterocycles. The van der Waals surface area contributed by atoms with Crippen molar-refractivity contribution in [3.63, 3.8) is 0 Å². The lowest BCUT2D eigenvalue weighted by atomic mass is 10.2. The molecule has 0 bridgehead atoms. The summed E-state index contributed by atoms with van der Waals surface area (Å²) in [6, 6.07) is 16.6. The summed E-state index contributed by atoms with van der Waals surface area (Å²) in [5.41, 5.74) is 2.78. The number of ether oxygens (including phenoxy) is 2. The van der Waals surface area contributed by atoms with E-state index in [1.54, 1.807) is 48.0 Å². The van der Waals surface area contributed by atoms with Gasteiger partial charge < -0.3 is 25.0 Å². The molecule has 1 aliphatic rings. The number of fused-ring (bicyclic) bond motifs is 1. The number of anilines is 4. The molecule has 2 N–H and O–H groups in total. The third kappa shape index (κ3) is 8.57. The molecule has 0 radical (unpaired) electrons. The normalized spacial score (nSPS) is 15.0. The van der Waals surface area contributed by atoms with Crippen molar-refractivity contribution in [2.75, 3.05) is 41.9 Å². The highest BCUT2D eigenvalue weighted by atomic mass is 32.2. The average molecular weight is 664 g/mol. The molecule has 250 valence electrons. The van der Waals surface area contributed by atoms with Gasteiger partial charge in [0.25, 0.3) is 0 Å². The van der Waals surface area contributed by atoms with E-state index in [1.165, 1.54) is 10.6 Å². The summed E-state index contributed by atoms with van der Waals surface area (Å²) in [5, 5.41) is 6.70. The molecule has 1 aliphatic heterocycles. The van der Waals surface area contributed by atoms with E-state index in [1.807, 2.05) is 38.2 Å². The van der Waals surface area contributed by atoms with E-state index >= 15 is 0 Å². The van der Waals surface area contributed by atoms with Crippen molar-refractivity contribution >= 4 is 55.9 Å². The summed E-state index contributed by atoms with van der Waals surface area (Å²) >= 11 is 0. The number of amides is 1. The maximum absolute atomic E-state index is 12.2. The van der Waals surface area contributed by atoms with Gasteiger partial charge in [0.1, 0.15) is 5.75 Å². The number of nitrogens with zero attached hydrogens (tertiary/aromatic N) is 5. The highest BCUT2D eigenvalue weighted by Gasteiger charge is 2.31. The minimum atomic E-state index is -3.22. The predicted octanol–water partition coefficient (Wildman–Crippen LogP) is 5.48. The minimum absolute atomic E-state index is 0.0144. The van der Waals surface area contributed by atoms with Gasteiger partial charge in [0.15, 0.2) is 12.4 Å². The average Bonchev–Trinajstić information content (AvgIpc) is 3.71. The lowest BCUT2D eigenvalue weighted by Crippen LogP contribution is -2.36. The zero-order chi connectivity index (χ0) is 33.6. The lowest BCUT2D eigenvalue weighted by Gasteiger charge is -2.27. The second kappa shape index (κ2) is 14.8. The molecule has 2 aromatic carbocycles. The van der Waals surface area contributed by atoms with Crippen molar-refractivity contribution in [1.82, 2.24) is 18.8 Å². The van der Waals surface area contributed by atoms with Crippen molar-refractivity contribution in [2.24, 2.45) is 0 Å². The summed E-state index contributed by atoms with van der Waals surface area (Å²) in [6.07, 6.45) is 6.11. The largest absolute Gasteiger partial charge is 0.444 e. The van der Waals surface area contributed by atoms with Crippen LogP contribution < -0.4 is 20.3 Å². The fraction of sp³-hybridized carbons (Fsp3) is 0.394. The Morgan fingerprint density at radius 3 is 2.55 bits per heavy atom. The molecule has 1 fully saturated rings. The minimum Gasteiger partial charge on any atom is -0.444 e. The fourth-order valence-corrected chi connectivity index (χ4v) is 6.14. The summed E-state index contributed by atoms with van der Waals surface area (Å²) in [5.74, 6) is 0.619. The molecular weight excluding hydrogens is 622 g/mol. The van der Waals surface area contributed by atoms with Crippen LogP contribution in [0.15, 0.2) is 60.8 Å². The van der Waals surface area contributed by atoms with Crippen molar-refractivity contribution in [3.8, 4) is 11.6 Å². The van der Waals surface area contributed by atoms with Crippen LogP contribution in [0.25, 0.3) is 11.0 Å². The molecule has 0 unspecified atom stereocenters. The maximum Gasteiger partial charge on any atom is 0.307 e. The van der Waals surface area contributed by atoms with Gasteiger partial charge in [-0.3, -0.25) is 14.2 Å². The van der Waals surface area contributed by atoms with Crippen LogP contribution in [0.5, 0.6) is 11.6 Å². The van der Waals surface area contributed by atoms with Gasteiger partial charge in [-0.2, -0.15) is 9.97 Å². The molecule has 0 saturated carbocycles. The number of nitrogens with one attached hydrogen (secondary N) is 2. The molecule has 3 heterocycles. The Labute approximate surface area is 274 Å². The fourth-order valence-electron chi connectivity index (χ4n) is 5.26. The highest BCUT2D eigenvalue weighted by molar-refractivity contribution is 7.88. The van der Waals surface area contributed by atoms with Gasteiger partial charge in [0, 0.05) is 68.3 Å². The van der Waals surface area contributed by atoms with Crippen LogP contribution in [0.3, 0.4) is 0 Å². The van der Waals surface area contributed by atoms with E-state index in [0.29, 0.717) is 48.4 Å². The molecule has 1 atom stereocenters. The van der Waals surface area contributed by atoms with Gasteiger partial charge >= 0.3 is 5.97 Å². The Balaban J connectivity index is 1.39. The Morgan fingerprint density at radius 2 is 1.85 bits per heavy atom. The summed E-state index contributed by atoms with van der Waals surface area (Å²) in [6.45, 7) is 4.74. The summed E-state index contributed by atoms with van der Waals surface area (Å²) in [4.78, 5) is 35.7. The summed E-state index contributed by atoms with van der Waals surface area (Å²) < 4.78 is 38.9. The molecule has 1 amide bonds. The van der Waals surface area contributed by atoms with Crippen LogP contribution in [-0.4, -0.2) is 71.6 Å². The Kier molecular flexibility index (Phi) is 10.6. The molecule has 5 rings (SSSR count). The molecule has 13 nitrogen and oxygen atoms in total. The number of aromatic nitrogens is 3. The topological polar surface area (TPSA) is 148 Å². The first-order chi connectivity index (χ1) is 22.5. The van der Waals surface area contributed by atoms with E-state index in [9.17, 15) is 18.0 Å². The van der Waals surface area contributed by atoms with E-state index in [0.717, 1.165) is 30.6 Å². The second-order valence-corrected chi connectivity index (χ2v) is 13.5. The maximum atomic E-state index is 12.2. The molecule has 4 aromatic rings. The van der Waals surface area contributed by atoms with Crippen LogP contribution in [-0.2, 0) is 31.1 Å². The van der Waals surface area contributed by atoms with Crippen LogP contribution in [0.1, 0.15) is 46.0 Å². The first kappa shape index (κ1) is 33.7. The van der Waals surface area contributed by atoms with Crippen molar-refractivity contribution < 1.29 is 27.5 Å². The molecule has 0 aliphatic carbocycles. The van der Waals surface area contributed by atoms with E-state index in [-0.39, 0.29) is 36.5 Å². The lowest BCUT2D eigenvalue weighted by molar-refractivity contribution is -0.147. The zero-order valence-corrected chi connectivity index (χ0v) is 27.9. The number of hydrogen-bond acceptors (Lipinski definition) is 10. The number of rotatable bonds is 14. The van der Waals surface area contributed by atoms with Gasteiger partial charge in [0.05, 0.1) is 11.6 Å². The number of esters is 1. The van der Waals surface area contributed by atoms with Crippen molar-refractivity contribution in [1.29, 1.82) is 0 Å². The van der Waals surface area contributed by atoms with E-state index in [2.05, 4.69) is 20.5 Å². The number of sulfonamides is 1. The van der Waals surface area contributed by atoms with Gasteiger partial charge in [-0.1, -0.05) is 26.3 Å². The SMILES string of the molecule is CCCCC(=O)OCn1ccc2c(Oc3cccc(NC(=O)CC)c3)nc(Nc3ccc(N(C)[C@H]4CCN(S(C)(=O)=O)C4)cc3)nc21. The second-order valence-electron chi connectivity index (χ2n) is 11.5. The number of carbonyl (C=O) groups is 2. The smallest absolute Gasteiger partial charge is 0.307 e. The monoisotopic (exact) mass is 663 g/mol. The van der Waals surface area contributed by atoms with Crippen LogP contribution in [0.4, 0.5) is 23.0 Å². The van der Waals surface area contributed by atoms with E-state index in [4.69, 9.17) is 14.5 Å². The van der Waals surface area contributed by atoms with Crippen LogP contribution in [0, 0.1) is 0 Å².